The average Bonchev–Trinajstić information content (AvgIpc) is 0.847. The molecular formula is C99H98ClI2N3O23. The number of Topliss-reactive ketones (excluding diaryl/α,β-unsaturated/α-hetero) is 4. The summed E-state index contributed by atoms with van der Waals surface area (Å²) in [6, 6.07) is 78.0. The quantitative estimate of drug-likeness (QED) is 0.0124. The molecule has 11 aromatic carbocycles. The number of nitrogens with two attached hydrogens (primary N) is 1. The van der Waals surface area contributed by atoms with Crippen molar-refractivity contribution in [3.8, 4) is 0 Å². The molecule has 0 heterocycles. The van der Waals surface area contributed by atoms with Crippen LogP contribution in [-0.2, 0) is 38.2 Å². The third-order valence-corrected chi connectivity index (χ3v) is 20.5. The summed E-state index contributed by atoms with van der Waals surface area (Å²) in [6.07, 6.45) is 0. The van der Waals surface area contributed by atoms with Gasteiger partial charge in [0.15, 0.2) is 0 Å². The number of aromatic carboxylic acids is 4. The van der Waals surface area contributed by atoms with Gasteiger partial charge in [0, 0.05) is 64.6 Å². The number of carbonyl (C=O) groups is 15. The van der Waals surface area contributed by atoms with E-state index < -0.39 is 52.9 Å². The molecule has 6 atom stereocenters. The Morgan fingerprint density at radius 2 is 0.477 bits per heavy atom. The second-order valence-corrected chi connectivity index (χ2v) is 30.8. The minimum absolute atomic E-state index is 0.0769. The molecule has 0 aliphatic heterocycles. The number of hydrogen-bond acceptors (Lipinski definition) is 18. The summed E-state index contributed by atoms with van der Waals surface area (Å²) in [5.74, 6) is -7.95. The van der Waals surface area contributed by atoms with Gasteiger partial charge in [0.25, 0.3) is 17.1 Å². The molecule has 0 radical (unpaired) electrons. The molecule has 26 nitrogen and oxygen atoms in total. The molecule has 0 spiro atoms. The zero-order chi connectivity index (χ0) is 96.0. The molecule has 11 rings (SSSR count). The number of amides is 2. The van der Waals surface area contributed by atoms with Crippen LogP contribution in [0.4, 0.5) is 17.1 Å². The number of rotatable bonds is 23. The summed E-state index contributed by atoms with van der Waals surface area (Å²) in [5, 5.41) is 56.9. The fraction of sp³-hybridized carbons (Fsp3) is 0.182. The minimum Gasteiger partial charge on any atom is -0.481 e. The number of nitrogen functional groups attached to an aromatic ring is 1. The number of halogens is 3. The van der Waals surface area contributed by atoms with Crippen molar-refractivity contribution in [2.45, 2.75) is 105 Å². The maximum absolute atomic E-state index is 12.1. The predicted octanol–water partition coefficient (Wildman–Crippen LogP) is 20.4. The number of carbonyl (C=O) groups excluding carboxylic acids is 9. The van der Waals surface area contributed by atoms with Crippen LogP contribution >= 0.6 is 56.8 Å². The first-order valence-corrected chi connectivity index (χ1v) is 41.4. The highest BCUT2D eigenvalue weighted by Crippen LogP contribution is 2.24. The summed E-state index contributed by atoms with van der Waals surface area (Å²) >= 11 is 9.60. The van der Waals surface area contributed by atoms with Crippen molar-refractivity contribution in [3.05, 3.63) is 370 Å². The molecule has 2 amide bonds. The molecule has 128 heavy (non-hydrogen) atoms. The van der Waals surface area contributed by atoms with Gasteiger partial charge in [0.2, 0.25) is 0 Å². The second-order valence-electron chi connectivity index (χ2n) is 27.9. The Morgan fingerprint density at radius 3 is 0.688 bits per heavy atom. The molecule has 668 valence electrons. The molecule has 0 bridgehead atoms. The van der Waals surface area contributed by atoms with Crippen LogP contribution in [-0.4, -0.2) is 133 Å². The molecular weight excluding hydrogens is 1890 g/mol. The number of carboxylic acids is 6. The van der Waals surface area contributed by atoms with Gasteiger partial charge < -0.3 is 56.5 Å². The van der Waals surface area contributed by atoms with Gasteiger partial charge in [-0.05, 0) is 302 Å². The van der Waals surface area contributed by atoms with Gasteiger partial charge in [-0.2, -0.15) is 0 Å². The monoisotopic (exact) mass is 1990 g/mol. The fourth-order valence-corrected chi connectivity index (χ4v) is 11.0. The fourth-order valence-electron chi connectivity index (χ4n) is 10.2. The van der Waals surface area contributed by atoms with Crippen LogP contribution in [0.25, 0.3) is 0 Å². The number of esters is 2. The normalized spacial score (nSPS) is 11.3. The van der Waals surface area contributed by atoms with E-state index in [1.165, 1.54) is 69.7 Å². The lowest BCUT2D eigenvalue weighted by molar-refractivity contribution is -0.139. The van der Waals surface area contributed by atoms with E-state index in [1.54, 1.807) is 199 Å². The molecule has 11 aromatic rings. The molecule has 0 saturated carbocycles. The van der Waals surface area contributed by atoms with Crippen LogP contribution in [0.15, 0.2) is 279 Å². The van der Waals surface area contributed by atoms with Crippen LogP contribution in [0, 0.1) is 7.14 Å². The van der Waals surface area contributed by atoms with E-state index in [1.807, 2.05) is 93.6 Å². The summed E-state index contributed by atoms with van der Waals surface area (Å²) < 4.78 is 11.3. The van der Waals surface area contributed by atoms with Crippen LogP contribution in [0.3, 0.4) is 0 Å². The first kappa shape index (κ1) is 108. The van der Waals surface area contributed by atoms with Crippen molar-refractivity contribution in [3.63, 3.8) is 0 Å². The number of aliphatic carboxylic acids is 2. The zero-order valence-electron chi connectivity index (χ0n) is 71.9. The van der Waals surface area contributed by atoms with Crippen molar-refractivity contribution in [2.75, 3.05) is 30.6 Å². The third-order valence-electron chi connectivity index (χ3n) is 18.9. The van der Waals surface area contributed by atoms with Gasteiger partial charge in [-0.25, -0.2) is 28.8 Å². The van der Waals surface area contributed by atoms with E-state index in [0.29, 0.717) is 50.2 Å². The number of benzene rings is 11. The number of ether oxygens (including phenoxy) is 2. The van der Waals surface area contributed by atoms with Crippen LogP contribution in [0.2, 0.25) is 0 Å². The Kier molecular flexibility index (Phi) is 47.4. The highest BCUT2D eigenvalue weighted by molar-refractivity contribution is 14.1. The van der Waals surface area contributed by atoms with Gasteiger partial charge in [-0.15, -0.1) is 0 Å². The van der Waals surface area contributed by atoms with Crippen LogP contribution in [0.1, 0.15) is 231 Å². The topological polar surface area (TPSA) is 446 Å². The number of nitrogens with one attached hydrogen (secondary N) is 2. The number of methoxy groups -OCH3 is 2. The second kappa shape index (κ2) is 56.1. The standard InChI is InChI=1S/C17H17NO2.C16H15NO3.C12H14O3.C11H11ClO2.C11H12O3.C10H10O4.C8H7IO2.C7H5IO2.C7H7NO2/c1-12(13(2)19)14-8-10-15(11-9-14)17(20)18-16-6-4-3-5-7-16;1-11(16(19)20)12-7-9-13(10-8-12)15(18)17-14-5-3-2-4-6-14;1-8(9(2)13)10-4-6-11(7-5-10)12(14)15-3;1-7(8(2)13)9-3-5-10(6-4-9)11(12)14;1-7(8(2)12)9-3-5-10(6-4-9)11(13)14;1-6(9(11)12)7-2-4-8(5-3-7)10(13)14;1-11-8(10)6-2-4-7(9)5-3-6;2*8-6-3-1-5(2-4-6)7(9)10/h3-12H,1-2H3,(H,18,20);2-11H,1H3,(H,17,18)(H,19,20);4-8H,1-3H3;3-7H,1-2H3;3-7H,1-2H3,(H,13,14);2-6H,1H3,(H,11,12)(H,13,14);2-5H,1H3;1-4H,(H,9,10);1-4H,8H2,(H,9,10). The van der Waals surface area contributed by atoms with Crippen molar-refractivity contribution in [2.24, 2.45) is 0 Å². The highest BCUT2D eigenvalue weighted by atomic mass is 127. The third kappa shape index (κ3) is 39.1. The van der Waals surface area contributed by atoms with Gasteiger partial charge in [0.05, 0.1) is 59.4 Å². The Hall–Kier alpha value is -14.0. The Labute approximate surface area is 773 Å². The van der Waals surface area contributed by atoms with Crippen LogP contribution < -0.4 is 16.4 Å². The molecule has 0 aliphatic rings. The SMILES string of the molecule is CC(=O)C(C)c1ccc(C(=O)Cl)cc1.CC(=O)C(C)c1ccc(C(=O)Nc2ccccc2)cc1.CC(=O)C(C)c1ccc(C(=O)O)cc1.CC(C(=O)O)c1ccc(C(=O)Nc2ccccc2)cc1.CC(C(=O)O)c1ccc(C(=O)O)cc1.COC(=O)c1ccc(C(C)C(C)=O)cc1.COC(=O)c1ccc(I)cc1.Nc1ccc(C(=O)O)cc1.O=C(O)c1ccc(I)cc1. The summed E-state index contributed by atoms with van der Waals surface area (Å²) in [7, 11) is 2.72. The first-order valence-electron chi connectivity index (χ1n) is 38.9. The van der Waals surface area contributed by atoms with Crippen molar-refractivity contribution < 1.29 is 112 Å². The first-order chi connectivity index (χ1) is 60.4. The lowest BCUT2D eigenvalue weighted by Crippen LogP contribution is -2.12. The molecule has 29 heteroatoms. The van der Waals surface area contributed by atoms with E-state index in [9.17, 15) is 71.9 Å². The molecule has 0 aliphatic carbocycles. The number of hydrogen-bond donors (Lipinski definition) is 9. The maximum atomic E-state index is 12.1. The number of anilines is 3. The van der Waals surface area contributed by atoms with Crippen LogP contribution in [0.5, 0.6) is 0 Å². The molecule has 0 saturated heterocycles. The van der Waals surface area contributed by atoms with E-state index in [2.05, 4.69) is 65.3 Å². The zero-order valence-corrected chi connectivity index (χ0v) is 76.9. The highest BCUT2D eigenvalue weighted by Gasteiger charge is 2.19. The van der Waals surface area contributed by atoms with Crippen molar-refractivity contribution >= 4 is 162 Å². The van der Waals surface area contributed by atoms with Gasteiger partial charge in [0.1, 0.15) is 23.1 Å². The summed E-state index contributed by atoms with van der Waals surface area (Å²) in [6.45, 7) is 16.7. The molecule has 10 N–H and O–H groups in total. The number of ketones is 4. The lowest BCUT2D eigenvalue weighted by atomic mass is 9.96. The van der Waals surface area contributed by atoms with Crippen molar-refractivity contribution in [1.82, 2.24) is 0 Å². The summed E-state index contributed by atoms with van der Waals surface area (Å²) in [5.41, 5.74) is 15.9. The molecule has 0 aromatic heterocycles. The van der Waals surface area contributed by atoms with Gasteiger partial charge in [-0.3, -0.25) is 43.2 Å². The Morgan fingerprint density at radius 1 is 0.281 bits per heavy atom. The molecule has 0 fully saturated rings. The van der Waals surface area contributed by atoms with Gasteiger partial charge >= 0.3 is 47.8 Å². The molecule has 6 unspecified atom stereocenters. The largest absolute Gasteiger partial charge is 0.481 e. The average molecular weight is 1990 g/mol. The summed E-state index contributed by atoms with van der Waals surface area (Å²) in [4.78, 5) is 165. The number of para-hydroxylation sites is 2. The van der Waals surface area contributed by atoms with Gasteiger partial charge in [-0.1, -0.05) is 137 Å². The van der Waals surface area contributed by atoms with E-state index in [-0.39, 0.29) is 87.2 Å². The Balaban J connectivity index is 0.000000375. The Bertz CT molecular complexity index is 5190. The minimum atomic E-state index is -1.01. The van der Waals surface area contributed by atoms with E-state index in [4.69, 9.17) is 48.0 Å². The smallest absolute Gasteiger partial charge is 0.337 e. The van der Waals surface area contributed by atoms with Crippen molar-refractivity contribution in [1.29, 1.82) is 0 Å². The maximum Gasteiger partial charge on any atom is 0.337 e. The van der Waals surface area contributed by atoms with E-state index >= 15 is 0 Å². The lowest BCUT2D eigenvalue weighted by Gasteiger charge is -2.09. The number of carboxylic acid groups (broad SMARTS) is 6. The van der Waals surface area contributed by atoms with E-state index in [0.717, 1.165) is 40.8 Å². The predicted molar refractivity (Wildman–Crippen MR) is 506 cm³/mol.